The van der Waals surface area contributed by atoms with Crippen LogP contribution in [0.4, 0.5) is 11.4 Å². The SMILES string of the molecule is CCN(CC)C1CCN(c2ccc([N+](=O)[O-])c(I)c2)C1. The number of halogens is 1. The fourth-order valence-corrected chi connectivity index (χ4v) is 3.55. The molecule has 110 valence electrons. The lowest BCUT2D eigenvalue weighted by molar-refractivity contribution is -0.385. The van der Waals surface area contributed by atoms with Gasteiger partial charge in [-0.05, 0) is 54.2 Å². The van der Waals surface area contributed by atoms with E-state index >= 15 is 0 Å². The Morgan fingerprint density at radius 1 is 1.45 bits per heavy atom. The molecule has 0 N–H and O–H groups in total. The molecule has 1 aromatic carbocycles. The molecule has 0 bridgehead atoms. The van der Waals surface area contributed by atoms with E-state index in [9.17, 15) is 10.1 Å². The van der Waals surface area contributed by atoms with E-state index in [1.54, 1.807) is 6.07 Å². The predicted molar refractivity (Wildman–Crippen MR) is 89.4 cm³/mol. The largest absolute Gasteiger partial charge is 0.370 e. The maximum Gasteiger partial charge on any atom is 0.282 e. The number of nitro benzene ring substituents is 1. The van der Waals surface area contributed by atoms with E-state index < -0.39 is 0 Å². The standard InChI is InChI=1S/C14H20IN3O2/c1-3-16(4-2)12-7-8-17(10-12)11-5-6-14(18(19)20)13(15)9-11/h5-6,9,12H,3-4,7-8,10H2,1-2H3. The van der Waals surface area contributed by atoms with Crippen molar-refractivity contribution in [3.05, 3.63) is 31.9 Å². The van der Waals surface area contributed by atoms with E-state index in [0.717, 1.165) is 38.3 Å². The van der Waals surface area contributed by atoms with Gasteiger partial charge in [-0.25, -0.2) is 0 Å². The molecule has 0 spiro atoms. The third-order valence-corrected chi connectivity index (χ3v) is 4.85. The van der Waals surface area contributed by atoms with Gasteiger partial charge < -0.3 is 4.90 Å². The van der Waals surface area contributed by atoms with Crippen LogP contribution in [-0.2, 0) is 0 Å². The minimum absolute atomic E-state index is 0.189. The molecule has 5 nitrogen and oxygen atoms in total. The Bertz CT molecular complexity index is 491. The molecule has 0 radical (unpaired) electrons. The molecule has 1 aromatic rings. The predicted octanol–water partition coefficient (Wildman–Crippen LogP) is 3.12. The third-order valence-electron chi connectivity index (χ3n) is 3.99. The van der Waals surface area contributed by atoms with Gasteiger partial charge in [0.1, 0.15) is 0 Å². The molecule has 20 heavy (non-hydrogen) atoms. The van der Waals surface area contributed by atoms with Gasteiger partial charge in [-0.1, -0.05) is 13.8 Å². The van der Waals surface area contributed by atoms with Gasteiger partial charge in [0, 0.05) is 30.9 Å². The Balaban J connectivity index is 2.10. The summed E-state index contributed by atoms with van der Waals surface area (Å²) in [4.78, 5) is 15.3. The molecule has 0 aromatic heterocycles. The summed E-state index contributed by atoms with van der Waals surface area (Å²) < 4.78 is 0.705. The Morgan fingerprint density at radius 2 is 2.15 bits per heavy atom. The van der Waals surface area contributed by atoms with E-state index in [4.69, 9.17) is 0 Å². The summed E-state index contributed by atoms with van der Waals surface area (Å²) in [6.07, 6.45) is 1.16. The summed E-state index contributed by atoms with van der Waals surface area (Å²) in [5.74, 6) is 0. The maximum atomic E-state index is 10.9. The lowest BCUT2D eigenvalue weighted by atomic mass is 10.2. The van der Waals surface area contributed by atoms with Crippen LogP contribution in [0.5, 0.6) is 0 Å². The number of nitrogens with zero attached hydrogens (tertiary/aromatic N) is 3. The highest BCUT2D eigenvalue weighted by Crippen LogP contribution is 2.29. The second-order valence-corrected chi connectivity index (χ2v) is 6.16. The van der Waals surface area contributed by atoms with Gasteiger partial charge in [-0.15, -0.1) is 0 Å². The second kappa shape index (κ2) is 6.71. The van der Waals surface area contributed by atoms with Crippen molar-refractivity contribution in [1.82, 2.24) is 4.90 Å². The van der Waals surface area contributed by atoms with Crippen molar-refractivity contribution in [3.8, 4) is 0 Å². The zero-order valence-corrected chi connectivity index (χ0v) is 14.0. The van der Waals surface area contributed by atoms with E-state index in [1.165, 1.54) is 0 Å². The van der Waals surface area contributed by atoms with Gasteiger partial charge in [0.2, 0.25) is 0 Å². The highest BCUT2D eigenvalue weighted by Gasteiger charge is 2.27. The summed E-state index contributed by atoms with van der Waals surface area (Å²) in [6.45, 7) is 8.58. The third kappa shape index (κ3) is 3.22. The summed E-state index contributed by atoms with van der Waals surface area (Å²) in [5, 5.41) is 10.9. The van der Waals surface area contributed by atoms with Gasteiger partial charge in [0.25, 0.3) is 5.69 Å². The zero-order chi connectivity index (χ0) is 14.7. The van der Waals surface area contributed by atoms with Gasteiger partial charge in [-0.3, -0.25) is 15.0 Å². The summed E-state index contributed by atoms with van der Waals surface area (Å²) in [5.41, 5.74) is 1.28. The minimum atomic E-state index is -0.325. The van der Waals surface area contributed by atoms with E-state index in [1.807, 2.05) is 34.7 Å². The smallest absolute Gasteiger partial charge is 0.282 e. The fourth-order valence-electron chi connectivity index (χ4n) is 2.85. The van der Waals surface area contributed by atoms with Crippen molar-refractivity contribution >= 4 is 34.0 Å². The molecule has 1 heterocycles. The molecule has 1 saturated heterocycles. The molecular weight excluding hydrogens is 369 g/mol. The van der Waals surface area contributed by atoms with Crippen molar-refractivity contribution in [2.45, 2.75) is 26.3 Å². The quantitative estimate of drug-likeness (QED) is 0.441. The van der Waals surface area contributed by atoms with Gasteiger partial charge in [0.05, 0.1) is 8.49 Å². The highest BCUT2D eigenvalue weighted by atomic mass is 127. The van der Waals surface area contributed by atoms with Crippen LogP contribution < -0.4 is 4.90 Å². The molecule has 0 amide bonds. The second-order valence-electron chi connectivity index (χ2n) is 5.00. The van der Waals surface area contributed by atoms with Gasteiger partial charge in [-0.2, -0.15) is 0 Å². The number of anilines is 1. The van der Waals surface area contributed by atoms with E-state index in [-0.39, 0.29) is 10.6 Å². The van der Waals surface area contributed by atoms with E-state index in [2.05, 4.69) is 23.6 Å². The first-order chi connectivity index (χ1) is 9.56. The topological polar surface area (TPSA) is 49.6 Å². The highest BCUT2D eigenvalue weighted by molar-refractivity contribution is 14.1. The Hall–Kier alpha value is -0.890. The molecule has 2 rings (SSSR count). The molecule has 1 aliphatic heterocycles. The number of hydrogen-bond donors (Lipinski definition) is 0. The Kier molecular flexibility index (Phi) is 5.20. The maximum absolute atomic E-state index is 10.9. The van der Waals surface area contributed by atoms with Crippen LogP contribution in [0.1, 0.15) is 20.3 Å². The lowest BCUT2D eigenvalue weighted by Crippen LogP contribution is -2.37. The van der Waals surface area contributed by atoms with E-state index in [0.29, 0.717) is 9.61 Å². The first kappa shape index (κ1) is 15.5. The number of nitro groups is 1. The lowest BCUT2D eigenvalue weighted by Gasteiger charge is -2.26. The molecule has 1 aliphatic rings. The van der Waals surface area contributed by atoms with Crippen molar-refractivity contribution in [2.24, 2.45) is 0 Å². The average molecular weight is 389 g/mol. The minimum Gasteiger partial charge on any atom is -0.370 e. The van der Waals surface area contributed by atoms with Crippen molar-refractivity contribution in [3.63, 3.8) is 0 Å². The molecule has 6 heteroatoms. The van der Waals surface area contributed by atoms with Crippen LogP contribution in [0.25, 0.3) is 0 Å². The molecule has 1 fully saturated rings. The fraction of sp³-hybridized carbons (Fsp3) is 0.571. The monoisotopic (exact) mass is 389 g/mol. The number of benzene rings is 1. The van der Waals surface area contributed by atoms with Crippen LogP contribution in [0.15, 0.2) is 18.2 Å². The summed E-state index contributed by atoms with van der Waals surface area (Å²) in [7, 11) is 0. The van der Waals surface area contributed by atoms with Crippen LogP contribution >= 0.6 is 22.6 Å². The average Bonchev–Trinajstić information content (AvgIpc) is 2.89. The molecule has 0 aliphatic carbocycles. The van der Waals surface area contributed by atoms with Crippen LogP contribution in [0.3, 0.4) is 0 Å². The Labute approximate surface area is 133 Å². The van der Waals surface area contributed by atoms with Crippen LogP contribution in [0.2, 0.25) is 0 Å². The van der Waals surface area contributed by atoms with Gasteiger partial charge >= 0.3 is 0 Å². The number of hydrogen-bond acceptors (Lipinski definition) is 4. The summed E-state index contributed by atoms with van der Waals surface area (Å²) in [6, 6.07) is 5.99. The Morgan fingerprint density at radius 3 is 2.70 bits per heavy atom. The first-order valence-corrected chi connectivity index (χ1v) is 8.07. The molecular formula is C14H20IN3O2. The van der Waals surface area contributed by atoms with Crippen molar-refractivity contribution in [1.29, 1.82) is 0 Å². The molecule has 1 atom stereocenters. The van der Waals surface area contributed by atoms with Gasteiger partial charge in [0.15, 0.2) is 0 Å². The van der Waals surface area contributed by atoms with Crippen LogP contribution in [0, 0.1) is 13.7 Å². The first-order valence-electron chi connectivity index (χ1n) is 6.99. The summed E-state index contributed by atoms with van der Waals surface area (Å²) >= 11 is 2.04. The zero-order valence-electron chi connectivity index (χ0n) is 11.9. The normalized spacial score (nSPS) is 18.8. The molecule has 1 unspecified atom stereocenters. The van der Waals surface area contributed by atoms with Crippen LogP contribution in [-0.4, -0.2) is 42.0 Å². The number of rotatable bonds is 5. The number of likely N-dealkylation sites (N-methyl/N-ethyl adjacent to an activating group) is 1. The van der Waals surface area contributed by atoms with Crippen molar-refractivity contribution in [2.75, 3.05) is 31.1 Å². The molecule has 0 saturated carbocycles. The van der Waals surface area contributed by atoms with Crippen molar-refractivity contribution < 1.29 is 4.92 Å².